The first-order chi connectivity index (χ1) is 13.4. The van der Waals surface area contributed by atoms with E-state index >= 15 is 0 Å². The molecule has 3 rings (SSSR count). The number of nitrogens with one attached hydrogen (secondary N) is 1. The van der Waals surface area contributed by atoms with Crippen molar-refractivity contribution >= 4 is 17.9 Å². The van der Waals surface area contributed by atoms with Crippen molar-refractivity contribution in [3.63, 3.8) is 0 Å². The molecule has 0 radical (unpaired) electrons. The van der Waals surface area contributed by atoms with Crippen molar-refractivity contribution in [2.45, 2.75) is 32.7 Å². The number of hydrogen-bond acceptors (Lipinski definition) is 3. The van der Waals surface area contributed by atoms with Gasteiger partial charge >= 0.3 is 0 Å². The molecule has 28 heavy (non-hydrogen) atoms. The second-order valence-corrected chi connectivity index (χ2v) is 7.36. The fourth-order valence-corrected chi connectivity index (χ4v) is 3.80. The summed E-state index contributed by atoms with van der Waals surface area (Å²) in [5.41, 5.74) is 9.62. The predicted octanol–water partition coefficient (Wildman–Crippen LogP) is 2.17. The topological polar surface area (TPSA) is 80.4 Å². The first-order valence-corrected chi connectivity index (χ1v) is 9.67. The highest BCUT2D eigenvalue weighted by Crippen LogP contribution is 2.21. The van der Waals surface area contributed by atoms with Crippen molar-refractivity contribution in [3.8, 4) is 5.69 Å². The van der Waals surface area contributed by atoms with Crippen LogP contribution in [-0.2, 0) is 9.59 Å². The molecule has 0 unspecified atom stereocenters. The summed E-state index contributed by atoms with van der Waals surface area (Å²) < 4.78 is 2.19. The van der Waals surface area contributed by atoms with Crippen LogP contribution in [0.5, 0.6) is 0 Å². The summed E-state index contributed by atoms with van der Waals surface area (Å²) >= 11 is 0. The predicted molar refractivity (Wildman–Crippen MR) is 111 cm³/mol. The third-order valence-electron chi connectivity index (χ3n) is 5.21. The van der Waals surface area contributed by atoms with Gasteiger partial charge in [0.1, 0.15) is 0 Å². The summed E-state index contributed by atoms with van der Waals surface area (Å²) in [6.45, 7) is 5.96. The number of piperidine rings is 1. The summed E-state index contributed by atoms with van der Waals surface area (Å²) in [6.07, 6.45) is 5.14. The largest absolute Gasteiger partial charge is 0.369 e. The molecular formula is C22H28N4O2. The molecule has 6 nitrogen and oxygen atoms in total. The normalized spacial score (nSPS) is 15.8. The lowest BCUT2D eigenvalue weighted by atomic mass is 10.0. The maximum atomic E-state index is 12.3. The lowest BCUT2D eigenvalue weighted by Gasteiger charge is -2.31. The van der Waals surface area contributed by atoms with Crippen LogP contribution in [0.3, 0.4) is 0 Å². The van der Waals surface area contributed by atoms with Crippen molar-refractivity contribution in [2.75, 3.05) is 19.6 Å². The number of amides is 2. The Bertz CT molecular complexity index is 862. The Hall–Kier alpha value is -2.86. The molecule has 2 amide bonds. The molecule has 1 aromatic heterocycles. The number of carbonyl (C=O) groups excluding carboxylic acids is 2. The highest BCUT2D eigenvalue weighted by atomic mass is 16.2. The minimum Gasteiger partial charge on any atom is -0.369 e. The molecule has 0 atom stereocenters. The van der Waals surface area contributed by atoms with Crippen molar-refractivity contribution in [1.29, 1.82) is 0 Å². The first kappa shape index (κ1) is 19.9. The zero-order chi connectivity index (χ0) is 20.1. The van der Waals surface area contributed by atoms with Gasteiger partial charge in [-0.25, -0.2) is 0 Å². The Kier molecular flexibility index (Phi) is 6.31. The number of likely N-dealkylation sites (tertiary alicyclic amines) is 1. The standard InChI is InChI=1S/C22H28N4O2/c1-16-14-18(17(2)26(16)20-6-4-3-5-7-20)8-9-22(28)24-19-10-12-25(13-11-19)15-21(23)27/h3-9,14,19H,10-13,15H2,1-2H3,(H2,23,27)(H,24,28)/b9-8+. The molecule has 2 aromatic rings. The molecule has 1 aliphatic rings. The van der Waals surface area contributed by atoms with Gasteiger partial charge in [0, 0.05) is 42.3 Å². The lowest BCUT2D eigenvalue weighted by Crippen LogP contribution is -2.46. The van der Waals surface area contributed by atoms with Crippen molar-refractivity contribution in [1.82, 2.24) is 14.8 Å². The van der Waals surface area contributed by atoms with Gasteiger partial charge < -0.3 is 15.6 Å². The minimum absolute atomic E-state index is 0.0853. The van der Waals surface area contributed by atoms with Crippen LogP contribution in [0.1, 0.15) is 29.8 Å². The number of aryl methyl sites for hydroxylation is 1. The maximum Gasteiger partial charge on any atom is 0.244 e. The Balaban J connectivity index is 1.59. The Morgan fingerprint density at radius 3 is 2.50 bits per heavy atom. The molecule has 3 N–H and O–H groups in total. The number of benzene rings is 1. The fraction of sp³-hybridized carbons (Fsp3) is 0.364. The molecule has 1 aromatic carbocycles. The van der Waals surface area contributed by atoms with Gasteiger partial charge in [-0.3, -0.25) is 14.5 Å². The zero-order valence-electron chi connectivity index (χ0n) is 16.5. The van der Waals surface area contributed by atoms with Gasteiger partial charge in [0.15, 0.2) is 0 Å². The summed E-state index contributed by atoms with van der Waals surface area (Å²) in [4.78, 5) is 25.3. The number of rotatable bonds is 6. The van der Waals surface area contributed by atoms with E-state index in [-0.39, 0.29) is 24.4 Å². The number of nitrogens with zero attached hydrogens (tertiary/aromatic N) is 2. The Labute approximate surface area is 166 Å². The molecule has 0 saturated carbocycles. The molecule has 1 aliphatic heterocycles. The van der Waals surface area contributed by atoms with E-state index in [9.17, 15) is 9.59 Å². The van der Waals surface area contributed by atoms with Gasteiger partial charge in [0.2, 0.25) is 11.8 Å². The van der Waals surface area contributed by atoms with Crippen LogP contribution in [0.2, 0.25) is 0 Å². The monoisotopic (exact) mass is 380 g/mol. The minimum atomic E-state index is -0.307. The van der Waals surface area contributed by atoms with E-state index in [0.717, 1.165) is 48.6 Å². The summed E-state index contributed by atoms with van der Waals surface area (Å²) in [6, 6.07) is 12.4. The van der Waals surface area contributed by atoms with Gasteiger partial charge in [0.05, 0.1) is 6.54 Å². The number of aromatic nitrogens is 1. The molecule has 148 valence electrons. The van der Waals surface area contributed by atoms with Gasteiger partial charge in [-0.05, 0) is 56.5 Å². The molecule has 1 fully saturated rings. The van der Waals surface area contributed by atoms with E-state index in [4.69, 9.17) is 5.73 Å². The second-order valence-electron chi connectivity index (χ2n) is 7.36. The molecule has 0 spiro atoms. The SMILES string of the molecule is Cc1cc(/C=C/C(=O)NC2CCN(CC(N)=O)CC2)c(C)n1-c1ccccc1. The fourth-order valence-electron chi connectivity index (χ4n) is 3.80. The van der Waals surface area contributed by atoms with Gasteiger partial charge in [-0.2, -0.15) is 0 Å². The molecule has 6 heteroatoms. The lowest BCUT2D eigenvalue weighted by molar-refractivity contribution is -0.120. The average Bonchev–Trinajstić information content (AvgIpc) is 2.95. The molecule has 0 bridgehead atoms. The number of para-hydroxylation sites is 1. The summed E-state index contributed by atoms with van der Waals surface area (Å²) in [5, 5.41) is 3.06. The zero-order valence-corrected chi connectivity index (χ0v) is 16.5. The maximum absolute atomic E-state index is 12.3. The van der Waals surface area contributed by atoms with Gasteiger partial charge in [-0.15, -0.1) is 0 Å². The molecule has 0 aliphatic carbocycles. The van der Waals surface area contributed by atoms with Crippen LogP contribution in [0.15, 0.2) is 42.5 Å². The van der Waals surface area contributed by atoms with E-state index in [2.05, 4.69) is 41.9 Å². The van der Waals surface area contributed by atoms with E-state index in [0.29, 0.717) is 0 Å². The highest BCUT2D eigenvalue weighted by molar-refractivity contribution is 5.92. The number of hydrogen-bond donors (Lipinski definition) is 2. The average molecular weight is 380 g/mol. The van der Waals surface area contributed by atoms with E-state index < -0.39 is 0 Å². The summed E-state index contributed by atoms with van der Waals surface area (Å²) in [7, 11) is 0. The second kappa shape index (κ2) is 8.89. The van der Waals surface area contributed by atoms with Crippen LogP contribution < -0.4 is 11.1 Å². The summed E-state index contributed by atoms with van der Waals surface area (Å²) in [5.74, 6) is -0.392. The third kappa shape index (κ3) is 4.89. The van der Waals surface area contributed by atoms with Crippen molar-refractivity contribution < 1.29 is 9.59 Å². The van der Waals surface area contributed by atoms with Crippen molar-refractivity contribution in [3.05, 3.63) is 59.4 Å². The number of nitrogens with two attached hydrogens (primary N) is 1. The van der Waals surface area contributed by atoms with E-state index in [1.54, 1.807) is 6.08 Å². The molecule has 2 heterocycles. The third-order valence-corrected chi connectivity index (χ3v) is 5.21. The number of primary amides is 1. The Morgan fingerprint density at radius 1 is 1.18 bits per heavy atom. The van der Waals surface area contributed by atoms with Crippen LogP contribution in [0, 0.1) is 13.8 Å². The van der Waals surface area contributed by atoms with Gasteiger partial charge in [-0.1, -0.05) is 18.2 Å². The van der Waals surface area contributed by atoms with Gasteiger partial charge in [0.25, 0.3) is 0 Å². The van der Waals surface area contributed by atoms with Crippen LogP contribution in [-0.4, -0.2) is 47.0 Å². The van der Waals surface area contributed by atoms with E-state index in [1.165, 1.54) is 0 Å². The molecule has 1 saturated heterocycles. The Morgan fingerprint density at radius 2 is 1.86 bits per heavy atom. The van der Waals surface area contributed by atoms with Crippen molar-refractivity contribution in [2.24, 2.45) is 5.73 Å². The van der Waals surface area contributed by atoms with Crippen LogP contribution >= 0.6 is 0 Å². The van der Waals surface area contributed by atoms with Crippen LogP contribution in [0.4, 0.5) is 0 Å². The van der Waals surface area contributed by atoms with Crippen LogP contribution in [0.25, 0.3) is 11.8 Å². The van der Waals surface area contributed by atoms with E-state index in [1.807, 2.05) is 29.2 Å². The first-order valence-electron chi connectivity index (χ1n) is 9.67. The molecular weight excluding hydrogens is 352 g/mol. The number of carbonyl (C=O) groups is 2. The highest BCUT2D eigenvalue weighted by Gasteiger charge is 2.20. The quantitative estimate of drug-likeness (QED) is 0.754. The smallest absolute Gasteiger partial charge is 0.244 e.